The van der Waals surface area contributed by atoms with Gasteiger partial charge < -0.3 is 0 Å². The first-order chi connectivity index (χ1) is 11.4. The zero-order chi connectivity index (χ0) is 16.5. The standard InChI is InChI=1S/C20H21N.C2H6/c1-2-3-4-10-17-14-13-16-9-5-6-11-18(16)20(17)19-12-7-8-15-21-19;1-2/h3-9,11-13,15,17H,2,10,14H2,1H3;1-2H3. The van der Waals surface area contributed by atoms with Crippen molar-refractivity contribution in [1.82, 2.24) is 4.98 Å². The molecule has 1 atom stereocenters. The number of rotatable bonds is 4. The largest absolute Gasteiger partial charge is 0.257 e. The number of hydrogen-bond donors (Lipinski definition) is 0. The Kier molecular flexibility index (Phi) is 6.80. The quantitative estimate of drug-likeness (QED) is 0.760. The van der Waals surface area contributed by atoms with Crippen LogP contribution < -0.4 is 10.4 Å². The topological polar surface area (TPSA) is 12.9 Å². The lowest BCUT2D eigenvalue weighted by Crippen LogP contribution is -2.33. The van der Waals surface area contributed by atoms with Gasteiger partial charge in [0.2, 0.25) is 0 Å². The van der Waals surface area contributed by atoms with Gasteiger partial charge in [0, 0.05) is 6.20 Å². The Morgan fingerprint density at radius 3 is 2.57 bits per heavy atom. The highest BCUT2D eigenvalue weighted by atomic mass is 14.7. The van der Waals surface area contributed by atoms with Crippen LogP contribution in [0.4, 0.5) is 0 Å². The number of pyridine rings is 1. The number of benzene rings is 1. The predicted octanol–water partition coefficient (Wildman–Crippen LogP) is 4.46. The highest BCUT2D eigenvalue weighted by molar-refractivity contribution is 5.67. The molecule has 120 valence electrons. The molecule has 0 bridgehead atoms. The molecular formula is C22H27N. The van der Waals surface area contributed by atoms with Crippen LogP contribution in [0.5, 0.6) is 0 Å². The first-order valence-electron chi connectivity index (χ1n) is 8.76. The fourth-order valence-corrected chi connectivity index (χ4v) is 3.04. The summed E-state index contributed by atoms with van der Waals surface area (Å²) in [4.78, 5) is 4.60. The number of fused-ring (bicyclic) bond motifs is 1. The molecule has 1 aliphatic rings. The Labute approximate surface area is 140 Å². The third kappa shape index (κ3) is 4.19. The van der Waals surface area contributed by atoms with E-state index in [-0.39, 0.29) is 0 Å². The first-order valence-corrected chi connectivity index (χ1v) is 8.76. The normalized spacial score (nSPS) is 16.3. The minimum absolute atomic E-state index is 0.526. The molecule has 0 saturated carbocycles. The van der Waals surface area contributed by atoms with Crippen molar-refractivity contribution in [1.29, 1.82) is 0 Å². The molecule has 0 N–H and O–H groups in total. The van der Waals surface area contributed by atoms with Gasteiger partial charge in [-0.2, -0.15) is 0 Å². The lowest BCUT2D eigenvalue weighted by atomic mass is 9.84. The van der Waals surface area contributed by atoms with Gasteiger partial charge in [-0.05, 0) is 53.3 Å². The van der Waals surface area contributed by atoms with Crippen molar-refractivity contribution >= 4 is 11.6 Å². The van der Waals surface area contributed by atoms with Gasteiger partial charge in [0.15, 0.2) is 0 Å². The van der Waals surface area contributed by atoms with E-state index in [0.717, 1.165) is 25.0 Å². The van der Waals surface area contributed by atoms with Gasteiger partial charge in [-0.1, -0.05) is 69.3 Å². The van der Waals surface area contributed by atoms with Crippen molar-refractivity contribution in [2.45, 2.75) is 40.0 Å². The smallest absolute Gasteiger partial charge is 0.0670 e. The molecule has 1 heterocycles. The molecule has 0 saturated heterocycles. The molecule has 1 nitrogen and oxygen atoms in total. The molecule has 3 rings (SSSR count). The van der Waals surface area contributed by atoms with E-state index in [4.69, 9.17) is 0 Å². The van der Waals surface area contributed by atoms with Crippen LogP contribution in [-0.2, 0) is 0 Å². The molecule has 1 aromatic carbocycles. The summed E-state index contributed by atoms with van der Waals surface area (Å²) in [6.07, 6.45) is 12.1. The maximum absolute atomic E-state index is 4.60. The molecule has 0 amide bonds. The van der Waals surface area contributed by atoms with Crippen LogP contribution in [0.3, 0.4) is 0 Å². The van der Waals surface area contributed by atoms with E-state index < -0.39 is 0 Å². The molecule has 0 radical (unpaired) electrons. The third-order valence-electron chi connectivity index (χ3n) is 4.05. The van der Waals surface area contributed by atoms with Gasteiger partial charge >= 0.3 is 0 Å². The maximum atomic E-state index is 4.60. The van der Waals surface area contributed by atoms with E-state index >= 15 is 0 Å². The first kappa shape index (κ1) is 17.2. The Morgan fingerprint density at radius 1 is 1.04 bits per heavy atom. The Bertz CT molecular complexity index is 741. The van der Waals surface area contributed by atoms with Gasteiger partial charge in [-0.3, -0.25) is 4.98 Å². The lowest BCUT2D eigenvalue weighted by molar-refractivity contribution is 0.697. The van der Waals surface area contributed by atoms with Crippen LogP contribution in [0.15, 0.2) is 60.8 Å². The summed E-state index contributed by atoms with van der Waals surface area (Å²) in [6, 6.07) is 14.9. The van der Waals surface area contributed by atoms with Crippen molar-refractivity contribution in [2.75, 3.05) is 0 Å². The summed E-state index contributed by atoms with van der Waals surface area (Å²) in [5, 5.41) is 2.69. The van der Waals surface area contributed by atoms with E-state index in [1.807, 2.05) is 26.1 Å². The molecule has 1 heteroatoms. The summed E-state index contributed by atoms with van der Waals surface area (Å²) in [6.45, 7) is 6.18. The number of aromatic nitrogens is 1. The van der Waals surface area contributed by atoms with E-state index in [0.29, 0.717) is 5.92 Å². The molecule has 23 heavy (non-hydrogen) atoms. The average molecular weight is 305 g/mol. The number of allylic oxidation sites excluding steroid dienone is 2. The Morgan fingerprint density at radius 2 is 1.83 bits per heavy atom. The second kappa shape index (κ2) is 9.09. The molecule has 0 aliphatic heterocycles. The Balaban J connectivity index is 0.000000924. The van der Waals surface area contributed by atoms with Crippen molar-refractivity contribution in [3.8, 4) is 0 Å². The zero-order valence-corrected chi connectivity index (χ0v) is 14.5. The molecule has 1 aliphatic carbocycles. The maximum Gasteiger partial charge on any atom is 0.0670 e. The van der Waals surface area contributed by atoms with Crippen molar-refractivity contribution in [2.24, 2.45) is 5.92 Å². The molecular weight excluding hydrogens is 278 g/mol. The molecule has 1 aromatic heterocycles. The number of nitrogens with zero attached hydrogens (tertiary/aromatic N) is 1. The van der Waals surface area contributed by atoms with Crippen LogP contribution in [0, 0.1) is 5.92 Å². The molecule has 0 fully saturated rings. The van der Waals surface area contributed by atoms with Crippen LogP contribution >= 0.6 is 0 Å². The van der Waals surface area contributed by atoms with Crippen LogP contribution in [0.2, 0.25) is 0 Å². The van der Waals surface area contributed by atoms with Gasteiger partial charge in [0.25, 0.3) is 0 Å². The van der Waals surface area contributed by atoms with Gasteiger partial charge in [-0.25, -0.2) is 0 Å². The van der Waals surface area contributed by atoms with E-state index in [9.17, 15) is 0 Å². The van der Waals surface area contributed by atoms with Crippen molar-refractivity contribution in [3.63, 3.8) is 0 Å². The van der Waals surface area contributed by atoms with Crippen molar-refractivity contribution in [3.05, 3.63) is 76.9 Å². The summed E-state index contributed by atoms with van der Waals surface area (Å²) >= 11 is 0. The summed E-state index contributed by atoms with van der Waals surface area (Å²) < 4.78 is 0. The van der Waals surface area contributed by atoms with Crippen molar-refractivity contribution < 1.29 is 0 Å². The van der Waals surface area contributed by atoms with E-state index in [1.165, 1.54) is 16.0 Å². The SMILES string of the molecule is CC.CCC=CCC1CC=c2ccccc2=C1c1ccccn1. The molecule has 2 aromatic rings. The highest BCUT2D eigenvalue weighted by Gasteiger charge is 2.18. The second-order valence-corrected chi connectivity index (χ2v) is 5.47. The van der Waals surface area contributed by atoms with E-state index in [2.05, 4.69) is 66.5 Å². The van der Waals surface area contributed by atoms with Gasteiger partial charge in [0.05, 0.1) is 5.69 Å². The summed E-state index contributed by atoms with van der Waals surface area (Å²) in [7, 11) is 0. The summed E-state index contributed by atoms with van der Waals surface area (Å²) in [5.41, 5.74) is 2.52. The minimum Gasteiger partial charge on any atom is -0.257 e. The third-order valence-corrected chi connectivity index (χ3v) is 4.05. The van der Waals surface area contributed by atoms with E-state index in [1.54, 1.807) is 0 Å². The number of hydrogen-bond acceptors (Lipinski definition) is 1. The monoisotopic (exact) mass is 305 g/mol. The molecule has 1 unspecified atom stereocenters. The van der Waals surface area contributed by atoms with Crippen LogP contribution in [-0.4, -0.2) is 4.98 Å². The average Bonchev–Trinajstić information content (AvgIpc) is 2.64. The molecule has 0 spiro atoms. The predicted molar refractivity (Wildman–Crippen MR) is 100 cm³/mol. The van der Waals surface area contributed by atoms with Crippen LogP contribution in [0.25, 0.3) is 11.6 Å². The Hall–Kier alpha value is -2.15. The summed E-state index contributed by atoms with van der Waals surface area (Å²) in [5.74, 6) is 0.526. The minimum atomic E-state index is 0.526. The van der Waals surface area contributed by atoms with Gasteiger partial charge in [0.1, 0.15) is 0 Å². The second-order valence-electron chi connectivity index (χ2n) is 5.47. The van der Waals surface area contributed by atoms with Crippen LogP contribution in [0.1, 0.15) is 45.7 Å². The zero-order valence-electron chi connectivity index (χ0n) is 14.5. The fourth-order valence-electron chi connectivity index (χ4n) is 3.04. The lowest BCUT2D eigenvalue weighted by Gasteiger charge is -2.21. The van der Waals surface area contributed by atoms with Gasteiger partial charge in [-0.15, -0.1) is 0 Å². The fraction of sp³-hybridized carbons (Fsp3) is 0.318. The highest BCUT2D eigenvalue weighted by Crippen LogP contribution is 2.27.